The second-order valence-corrected chi connectivity index (χ2v) is 3.46. The summed E-state index contributed by atoms with van der Waals surface area (Å²) in [5.74, 6) is 6.34. The van der Waals surface area contributed by atoms with E-state index in [4.69, 9.17) is 0 Å². The Morgan fingerprint density at radius 1 is 1.14 bits per heavy atom. The summed E-state index contributed by atoms with van der Waals surface area (Å²) in [7, 11) is 0. The SMILES string of the molecule is [CH2]c1ccc(C#CCCCCC)cc1. The van der Waals surface area contributed by atoms with Gasteiger partial charge in [-0.1, -0.05) is 43.7 Å². The normalized spacial score (nSPS) is 9.29. The maximum atomic E-state index is 3.83. The van der Waals surface area contributed by atoms with Crippen LogP contribution in [0.15, 0.2) is 24.3 Å². The molecule has 0 bridgehead atoms. The van der Waals surface area contributed by atoms with Crippen LogP contribution in [-0.4, -0.2) is 0 Å². The number of benzene rings is 1. The summed E-state index contributed by atoms with van der Waals surface area (Å²) in [6.45, 7) is 6.04. The van der Waals surface area contributed by atoms with Crippen LogP contribution in [0, 0.1) is 18.8 Å². The summed E-state index contributed by atoms with van der Waals surface area (Å²) >= 11 is 0. The molecule has 0 atom stereocenters. The molecule has 14 heavy (non-hydrogen) atoms. The maximum Gasteiger partial charge on any atom is 0.0245 e. The predicted molar refractivity (Wildman–Crippen MR) is 61.9 cm³/mol. The van der Waals surface area contributed by atoms with Crippen LogP contribution in [0.3, 0.4) is 0 Å². The number of rotatable bonds is 3. The lowest BCUT2D eigenvalue weighted by Gasteiger charge is -1.92. The van der Waals surface area contributed by atoms with Crippen molar-refractivity contribution < 1.29 is 0 Å². The molecule has 0 saturated carbocycles. The molecule has 1 aromatic carbocycles. The van der Waals surface area contributed by atoms with Crippen molar-refractivity contribution in [3.8, 4) is 11.8 Å². The molecule has 0 amide bonds. The fourth-order valence-electron chi connectivity index (χ4n) is 1.22. The summed E-state index contributed by atoms with van der Waals surface area (Å²) in [6, 6.07) is 8.04. The second kappa shape index (κ2) is 6.27. The van der Waals surface area contributed by atoms with Gasteiger partial charge in [-0.3, -0.25) is 0 Å². The van der Waals surface area contributed by atoms with Gasteiger partial charge in [0.05, 0.1) is 0 Å². The number of unbranched alkanes of at least 4 members (excludes halogenated alkanes) is 3. The minimum atomic E-state index is 1.01. The first-order chi connectivity index (χ1) is 6.83. The molecule has 0 aliphatic heterocycles. The third-order valence-electron chi connectivity index (χ3n) is 2.09. The standard InChI is InChI=1S/C14H17/c1-3-4-5-6-7-8-14-11-9-13(2)10-12-14/h9-12H,2-6H2,1H3. The Morgan fingerprint density at radius 3 is 2.50 bits per heavy atom. The third kappa shape index (κ3) is 4.14. The van der Waals surface area contributed by atoms with Crippen LogP contribution in [0.25, 0.3) is 0 Å². The Bertz CT molecular complexity index is 308. The largest absolute Gasteiger partial charge is 0.0979 e. The van der Waals surface area contributed by atoms with Gasteiger partial charge >= 0.3 is 0 Å². The Morgan fingerprint density at radius 2 is 1.86 bits per heavy atom. The molecule has 73 valence electrons. The van der Waals surface area contributed by atoms with Crippen molar-refractivity contribution in [3.63, 3.8) is 0 Å². The van der Waals surface area contributed by atoms with Gasteiger partial charge in [0.1, 0.15) is 0 Å². The third-order valence-corrected chi connectivity index (χ3v) is 2.09. The average molecular weight is 185 g/mol. The van der Waals surface area contributed by atoms with E-state index in [2.05, 4.69) is 25.7 Å². The number of hydrogen-bond acceptors (Lipinski definition) is 0. The molecule has 0 aliphatic rings. The van der Waals surface area contributed by atoms with Crippen molar-refractivity contribution in [3.05, 3.63) is 42.3 Å². The quantitative estimate of drug-likeness (QED) is 0.496. The first-order valence-electron chi connectivity index (χ1n) is 5.24. The molecule has 1 rings (SSSR count). The summed E-state index contributed by atoms with van der Waals surface area (Å²) in [5.41, 5.74) is 2.13. The van der Waals surface area contributed by atoms with Crippen LogP contribution in [0.2, 0.25) is 0 Å². The highest BCUT2D eigenvalue weighted by molar-refractivity contribution is 5.36. The average Bonchev–Trinajstić information content (AvgIpc) is 2.21. The number of hydrogen-bond donors (Lipinski definition) is 0. The Hall–Kier alpha value is -1.22. The van der Waals surface area contributed by atoms with Crippen molar-refractivity contribution in [1.29, 1.82) is 0 Å². The lowest BCUT2D eigenvalue weighted by Crippen LogP contribution is -1.76. The minimum Gasteiger partial charge on any atom is -0.0979 e. The zero-order chi connectivity index (χ0) is 10.2. The molecule has 0 aliphatic carbocycles. The Labute approximate surface area is 87.4 Å². The Kier molecular flexibility index (Phi) is 4.86. The van der Waals surface area contributed by atoms with Crippen LogP contribution in [0.4, 0.5) is 0 Å². The molecule has 0 heteroatoms. The topological polar surface area (TPSA) is 0 Å². The lowest BCUT2D eigenvalue weighted by molar-refractivity contribution is 0.737. The van der Waals surface area contributed by atoms with E-state index in [1.165, 1.54) is 19.3 Å². The fraction of sp³-hybridized carbons (Fsp3) is 0.357. The van der Waals surface area contributed by atoms with Gasteiger partial charge in [0.15, 0.2) is 0 Å². The molecule has 0 unspecified atom stereocenters. The van der Waals surface area contributed by atoms with Gasteiger partial charge in [0.25, 0.3) is 0 Å². The summed E-state index contributed by atoms with van der Waals surface area (Å²) in [5, 5.41) is 0. The molecule has 1 radical (unpaired) electrons. The molecular weight excluding hydrogens is 168 g/mol. The van der Waals surface area contributed by atoms with E-state index in [-0.39, 0.29) is 0 Å². The predicted octanol–water partition coefficient (Wildman–Crippen LogP) is 3.80. The van der Waals surface area contributed by atoms with Crippen molar-refractivity contribution >= 4 is 0 Å². The van der Waals surface area contributed by atoms with E-state index in [0.29, 0.717) is 0 Å². The van der Waals surface area contributed by atoms with Crippen molar-refractivity contribution in [2.24, 2.45) is 0 Å². The van der Waals surface area contributed by atoms with Crippen LogP contribution < -0.4 is 0 Å². The molecule has 1 aromatic rings. The lowest BCUT2D eigenvalue weighted by atomic mass is 10.1. The monoisotopic (exact) mass is 185 g/mol. The molecular formula is C14H17. The molecule has 0 aromatic heterocycles. The van der Waals surface area contributed by atoms with Gasteiger partial charge in [-0.25, -0.2) is 0 Å². The summed E-state index contributed by atoms with van der Waals surface area (Å²) in [6.07, 6.45) is 4.78. The molecule has 0 spiro atoms. The van der Waals surface area contributed by atoms with Gasteiger partial charge in [-0.2, -0.15) is 0 Å². The van der Waals surface area contributed by atoms with Crippen LogP contribution >= 0.6 is 0 Å². The van der Waals surface area contributed by atoms with Crippen LogP contribution in [0.5, 0.6) is 0 Å². The zero-order valence-corrected chi connectivity index (χ0v) is 8.84. The van der Waals surface area contributed by atoms with Crippen LogP contribution in [-0.2, 0) is 0 Å². The molecule has 0 fully saturated rings. The van der Waals surface area contributed by atoms with E-state index < -0.39 is 0 Å². The first kappa shape index (κ1) is 10.9. The minimum absolute atomic E-state index is 1.01. The van der Waals surface area contributed by atoms with Gasteiger partial charge < -0.3 is 0 Å². The highest BCUT2D eigenvalue weighted by Gasteiger charge is 1.85. The van der Waals surface area contributed by atoms with E-state index in [1.807, 2.05) is 24.3 Å². The van der Waals surface area contributed by atoms with Crippen molar-refractivity contribution in [2.75, 3.05) is 0 Å². The summed E-state index contributed by atoms with van der Waals surface area (Å²) < 4.78 is 0. The van der Waals surface area contributed by atoms with Gasteiger partial charge in [0, 0.05) is 12.0 Å². The fourth-order valence-corrected chi connectivity index (χ4v) is 1.22. The van der Waals surface area contributed by atoms with E-state index in [1.54, 1.807) is 0 Å². The summed E-state index contributed by atoms with van der Waals surface area (Å²) in [4.78, 5) is 0. The van der Waals surface area contributed by atoms with Crippen LogP contribution in [0.1, 0.15) is 43.7 Å². The molecule has 0 nitrogen and oxygen atoms in total. The second-order valence-electron chi connectivity index (χ2n) is 3.46. The van der Waals surface area contributed by atoms with E-state index in [9.17, 15) is 0 Å². The highest BCUT2D eigenvalue weighted by Crippen LogP contribution is 2.02. The maximum absolute atomic E-state index is 3.83. The van der Waals surface area contributed by atoms with E-state index in [0.717, 1.165) is 17.5 Å². The van der Waals surface area contributed by atoms with Gasteiger partial charge in [0.2, 0.25) is 0 Å². The molecule has 0 heterocycles. The Balaban J connectivity index is 2.39. The highest BCUT2D eigenvalue weighted by atomic mass is 13.9. The van der Waals surface area contributed by atoms with E-state index >= 15 is 0 Å². The van der Waals surface area contributed by atoms with Crippen molar-refractivity contribution in [1.82, 2.24) is 0 Å². The van der Waals surface area contributed by atoms with Gasteiger partial charge in [-0.05, 0) is 31.0 Å². The first-order valence-corrected chi connectivity index (χ1v) is 5.24. The van der Waals surface area contributed by atoms with Crippen molar-refractivity contribution in [2.45, 2.75) is 32.6 Å². The zero-order valence-electron chi connectivity index (χ0n) is 8.84. The van der Waals surface area contributed by atoms with Gasteiger partial charge in [-0.15, -0.1) is 0 Å². The smallest absolute Gasteiger partial charge is 0.0245 e. The molecule has 0 N–H and O–H groups in total. The molecule has 0 saturated heterocycles.